The van der Waals surface area contributed by atoms with Crippen LogP contribution in [-0.2, 0) is 26.0 Å². The van der Waals surface area contributed by atoms with E-state index in [-0.39, 0.29) is 42.8 Å². The highest BCUT2D eigenvalue weighted by atomic mass is 32.2. The Morgan fingerprint density at radius 1 is 1.02 bits per heavy atom. The summed E-state index contributed by atoms with van der Waals surface area (Å²) >= 11 is 0. The van der Waals surface area contributed by atoms with Gasteiger partial charge in [-0.1, -0.05) is 48.5 Å². The lowest BCUT2D eigenvalue weighted by atomic mass is 9.94. The molecule has 0 spiro atoms. The second-order valence-corrected chi connectivity index (χ2v) is 14.2. The molecule has 11 nitrogen and oxygen atoms in total. The highest BCUT2D eigenvalue weighted by molar-refractivity contribution is 7.89. The Morgan fingerprint density at radius 2 is 1.61 bits per heavy atom. The predicted octanol–water partition coefficient (Wildman–Crippen LogP) is 4.77. The molecular formula is C34H40N4O7S. The summed E-state index contributed by atoms with van der Waals surface area (Å²) in [5, 5.41) is 10.3. The largest absolute Gasteiger partial charge is 0.487 e. The Morgan fingerprint density at radius 3 is 2.17 bits per heavy atom. The van der Waals surface area contributed by atoms with Crippen LogP contribution in [0.1, 0.15) is 66.0 Å². The van der Waals surface area contributed by atoms with Gasteiger partial charge in [-0.15, -0.1) is 0 Å². The topological polar surface area (TPSA) is 175 Å². The van der Waals surface area contributed by atoms with E-state index in [0.29, 0.717) is 38.7 Å². The molecule has 5 rings (SSSR count). The molecule has 0 saturated heterocycles. The van der Waals surface area contributed by atoms with Gasteiger partial charge in [-0.3, -0.25) is 4.99 Å². The molecular weight excluding hydrogens is 608 g/mol. The fourth-order valence-electron chi connectivity index (χ4n) is 6.61. The number of carbonyl (C=O) groups excluding carboxylic acids is 1. The first-order valence-corrected chi connectivity index (χ1v) is 16.6. The highest BCUT2D eigenvalue weighted by Crippen LogP contribution is 2.46. The van der Waals surface area contributed by atoms with Gasteiger partial charge < -0.3 is 26.0 Å². The molecule has 0 unspecified atom stereocenters. The van der Waals surface area contributed by atoms with E-state index in [1.807, 2.05) is 62.4 Å². The maximum atomic E-state index is 14.7. The van der Waals surface area contributed by atoms with E-state index in [1.165, 1.54) is 0 Å². The van der Waals surface area contributed by atoms with E-state index < -0.39 is 33.7 Å². The van der Waals surface area contributed by atoms with Crippen LogP contribution in [0.25, 0.3) is 11.1 Å². The normalized spacial score (nSPS) is 15.2. The first kappa shape index (κ1) is 32.8. The van der Waals surface area contributed by atoms with E-state index >= 15 is 0 Å². The molecule has 1 heterocycles. The number of hydrogen-bond acceptors (Lipinski definition) is 7. The average Bonchev–Trinajstić information content (AvgIpc) is 3.50. The lowest BCUT2D eigenvalue weighted by Crippen LogP contribution is -2.49. The average molecular weight is 649 g/mol. The van der Waals surface area contributed by atoms with Crippen LogP contribution in [0.5, 0.6) is 5.75 Å². The molecule has 3 aromatic carbocycles. The number of amides is 1. The molecule has 0 bridgehead atoms. The van der Waals surface area contributed by atoms with Gasteiger partial charge in [-0.25, -0.2) is 18.0 Å². The van der Waals surface area contributed by atoms with Crippen LogP contribution in [-0.4, -0.2) is 60.6 Å². The molecule has 46 heavy (non-hydrogen) atoms. The Kier molecular flexibility index (Phi) is 8.78. The maximum Gasteiger partial charge on any atom is 0.424 e. The van der Waals surface area contributed by atoms with Crippen molar-refractivity contribution in [3.8, 4) is 16.9 Å². The summed E-state index contributed by atoms with van der Waals surface area (Å²) in [4.78, 5) is 30.5. The molecule has 0 fully saturated rings. The van der Waals surface area contributed by atoms with Crippen molar-refractivity contribution in [3.05, 3.63) is 81.9 Å². The van der Waals surface area contributed by atoms with Crippen LogP contribution in [0, 0.1) is 20.8 Å². The molecule has 3 aromatic rings. The highest BCUT2D eigenvalue weighted by Gasteiger charge is 2.45. The molecule has 5 N–H and O–H groups in total. The second kappa shape index (κ2) is 12.3. The van der Waals surface area contributed by atoms with Crippen molar-refractivity contribution in [2.24, 2.45) is 16.5 Å². The number of carboxylic acids is 1. The van der Waals surface area contributed by atoms with Gasteiger partial charge in [-0.05, 0) is 86.4 Å². The number of guanidine groups is 1. The van der Waals surface area contributed by atoms with E-state index in [0.717, 1.165) is 22.3 Å². The predicted molar refractivity (Wildman–Crippen MR) is 174 cm³/mol. The number of aliphatic carboxylic acids is 1. The zero-order valence-electron chi connectivity index (χ0n) is 26.7. The summed E-state index contributed by atoms with van der Waals surface area (Å²) in [5.74, 6) is -1.44. The quantitative estimate of drug-likeness (QED) is 0.159. The van der Waals surface area contributed by atoms with Crippen molar-refractivity contribution >= 4 is 28.0 Å². The van der Waals surface area contributed by atoms with Crippen molar-refractivity contribution in [2.75, 3.05) is 13.2 Å². The monoisotopic (exact) mass is 648 g/mol. The smallest absolute Gasteiger partial charge is 0.424 e. The van der Waals surface area contributed by atoms with E-state index in [1.54, 1.807) is 20.8 Å². The molecule has 1 amide bonds. The number of hydrogen-bond donors (Lipinski definition) is 3. The minimum absolute atomic E-state index is 0.0487. The van der Waals surface area contributed by atoms with Gasteiger partial charge in [0.2, 0.25) is 0 Å². The van der Waals surface area contributed by atoms with Crippen molar-refractivity contribution in [2.45, 2.75) is 76.3 Å². The Labute approximate surface area is 269 Å². The molecule has 12 heteroatoms. The van der Waals surface area contributed by atoms with Gasteiger partial charge in [0.1, 0.15) is 24.0 Å². The van der Waals surface area contributed by atoms with Gasteiger partial charge >= 0.3 is 12.1 Å². The molecule has 1 aliphatic carbocycles. The molecule has 0 radical (unpaired) electrons. The third-order valence-corrected chi connectivity index (χ3v) is 10.9. The summed E-state index contributed by atoms with van der Waals surface area (Å²) in [6.45, 7) is 8.73. The fraction of sp³-hybridized carbons (Fsp3) is 0.382. The number of nitrogens with zero attached hydrogens (tertiary/aromatic N) is 2. The minimum atomic E-state index is -4.77. The van der Waals surface area contributed by atoms with Gasteiger partial charge in [0.15, 0.2) is 5.96 Å². The SMILES string of the molecule is Cc1c(C)c(S(=O)(=O)N(C(=O)OCC2c3ccccc3-c3ccccc32)[C@H](CCCN=C(N)N)C(=O)O)c(C)c2c1OC(C)(C)C2. The standard InChI is InChI=1S/C34H40N4O7S/c1-19-20(2)30(21(3)26-17-34(4,5)45-29(19)26)46(42,43)38(28(31(39)40)15-10-16-37-32(35)36)33(41)44-18-27-24-13-8-6-11-22(24)23-12-7-9-14-25(23)27/h6-9,11-14,27-28H,10,15-18H2,1-5H3,(H,39,40)(H4,35,36,37)/t28-/m1/s1. The van der Waals surface area contributed by atoms with Crippen LogP contribution < -0.4 is 16.2 Å². The van der Waals surface area contributed by atoms with Crippen molar-refractivity contribution in [1.82, 2.24) is 4.31 Å². The number of carbonyl (C=O) groups is 2. The number of rotatable bonds is 10. The number of nitrogens with two attached hydrogens (primary N) is 2. The third-order valence-electron chi connectivity index (χ3n) is 8.82. The van der Waals surface area contributed by atoms with Crippen LogP contribution in [0.3, 0.4) is 0 Å². The van der Waals surface area contributed by atoms with E-state index in [2.05, 4.69) is 4.99 Å². The molecule has 1 aliphatic heterocycles. The molecule has 2 aliphatic rings. The van der Waals surface area contributed by atoms with E-state index in [9.17, 15) is 23.1 Å². The van der Waals surface area contributed by atoms with Gasteiger partial charge in [0.25, 0.3) is 10.0 Å². The van der Waals surface area contributed by atoms with Crippen molar-refractivity contribution in [1.29, 1.82) is 0 Å². The Bertz CT molecular complexity index is 1800. The summed E-state index contributed by atoms with van der Waals surface area (Å²) in [6.07, 6.45) is -0.970. The second-order valence-electron chi connectivity index (χ2n) is 12.5. The first-order valence-electron chi connectivity index (χ1n) is 15.1. The van der Waals surface area contributed by atoms with Crippen molar-refractivity contribution < 1.29 is 32.6 Å². The van der Waals surface area contributed by atoms with Crippen molar-refractivity contribution in [3.63, 3.8) is 0 Å². The molecule has 1 atom stereocenters. The van der Waals surface area contributed by atoms with Crippen LogP contribution in [0.2, 0.25) is 0 Å². The molecule has 0 aromatic heterocycles. The summed E-state index contributed by atoms with van der Waals surface area (Å²) in [5.41, 5.74) is 16.2. The maximum absolute atomic E-state index is 14.7. The fourth-order valence-corrected chi connectivity index (χ4v) is 8.64. The van der Waals surface area contributed by atoms with Gasteiger partial charge in [0.05, 0.1) is 4.90 Å². The minimum Gasteiger partial charge on any atom is -0.487 e. The number of benzene rings is 3. The molecule has 0 saturated carbocycles. The van der Waals surface area contributed by atoms with Gasteiger partial charge in [0, 0.05) is 24.4 Å². The number of aliphatic imine (C=N–C) groups is 1. The lowest BCUT2D eigenvalue weighted by Gasteiger charge is -2.30. The third kappa shape index (κ3) is 5.89. The van der Waals surface area contributed by atoms with Crippen LogP contribution >= 0.6 is 0 Å². The zero-order chi connectivity index (χ0) is 33.6. The lowest BCUT2D eigenvalue weighted by molar-refractivity contribution is -0.141. The number of fused-ring (bicyclic) bond motifs is 4. The molecule has 244 valence electrons. The summed E-state index contributed by atoms with van der Waals surface area (Å²) < 4.78 is 41.6. The number of sulfonamides is 1. The Balaban J connectivity index is 1.56. The summed E-state index contributed by atoms with van der Waals surface area (Å²) in [6, 6.07) is 13.7. The first-order chi connectivity index (χ1) is 21.7. The number of carboxylic acid groups (broad SMARTS) is 1. The van der Waals surface area contributed by atoms with Gasteiger partial charge in [-0.2, -0.15) is 4.31 Å². The van der Waals surface area contributed by atoms with Crippen LogP contribution in [0.4, 0.5) is 4.79 Å². The Hall–Kier alpha value is -4.58. The van der Waals surface area contributed by atoms with Crippen LogP contribution in [0.15, 0.2) is 58.4 Å². The van der Waals surface area contributed by atoms with E-state index in [4.69, 9.17) is 20.9 Å². The zero-order valence-corrected chi connectivity index (χ0v) is 27.5. The summed E-state index contributed by atoms with van der Waals surface area (Å²) in [7, 11) is -4.77. The number of ether oxygens (including phenoxy) is 2.